The van der Waals surface area contributed by atoms with Crippen molar-refractivity contribution in [2.75, 3.05) is 29.2 Å². The largest absolute Gasteiger partial charge is 0.363 e. The second-order valence-electron chi connectivity index (χ2n) is 5.31. The van der Waals surface area contributed by atoms with Gasteiger partial charge in [0.1, 0.15) is 10.6 Å². The van der Waals surface area contributed by atoms with Crippen molar-refractivity contribution in [1.82, 2.24) is 9.97 Å². The molecule has 1 fully saturated rings. The number of aromatic nitrogens is 2. The minimum Gasteiger partial charge on any atom is -0.363 e. The van der Waals surface area contributed by atoms with Crippen molar-refractivity contribution in [3.63, 3.8) is 0 Å². The molecule has 0 saturated carbocycles. The number of anilines is 2. The van der Waals surface area contributed by atoms with Crippen molar-refractivity contribution >= 4 is 43.2 Å². The molecule has 0 amide bonds. The average molecular weight is 312 g/mol. The summed E-state index contributed by atoms with van der Waals surface area (Å²) in [4.78, 5) is 9.69. The Balaban J connectivity index is 2.00. The van der Waals surface area contributed by atoms with Gasteiger partial charge in [-0.3, -0.25) is 0 Å². The molecule has 3 heterocycles. The Morgan fingerprint density at radius 1 is 1.40 bits per heavy atom. The summed E-state index contributed by atoms with van der Waals surface area (Å²) in [5, 5.41) is 9.13. The topological polar surface area (TPSA) is 84.0 Å². The number of rotatable bonds is 3. The Morgan fingerprint density at radius 3 is 2.85 bits per heavy atom. The van der Waals surface area contributed by atoms with E-state index < -0.39 is 15.4 Å². The molecule has 2 N–H and O–H groups in total. The van der Waals surface area contributed by atoms with Crippen molar-refractivity contribution in [2.24, 2.45) is 0 Å². The summed E-state index contributed by atoms with van der Waals surface area (Å²) < 4.78 is 23.4. The number of fused-ring (bicyclic) bond motifs is 1. The van der Waals surface area contributed by atoms with Gasteiger partial charge in [-0.1, -0.05) is 0 Å². The Morgan fingerprint density at radius 2 is 2.20 bits per heavy atom. The summed E-state index contributed by atoms with van der Waals surface area (Å²) in [5.41, 5.74) is -0.465. The smallest absolute Gasteiger partial charge is 0.225 e. The summed E-state index contributed by atoms with van der Waals surface area (Å²) in [6.07, 6.45) is 0.597. The van der Waals surface area contributed by atoms with E-state index in [1.165, 1.54) is 11.3 Å². The van der Waals surface area contributed by atoms with Gasteiger partial charge in [-0.15, -0.1) is 11.3 Å². The lowest BCUT2D eigenvalue weighted by molar-refractivity contribution is 0.572. The van der Waals surface area contributed by atoms with Crippen molar-refractivity contribution in [3.05, 3.63) is 11.4 Å². The number of hydrogen-bond donors (Lipinski definition) is 2. The van der Waals surface area contributed by atoms with E-state index in [1.54, 1.807) is 7.05 Å². The van der Waals surface area contributed by atoms with E-state index in [1.807, 2.05) is 18.4 Å². The van der Waals surface area contributed by atoms with Gasteiger partial charge in [0, 0.05) is 7.05 Å². The van der Waals surface area contributed by atoms with Gasteiger partial charge in [-0.25, -0.2) is 13.4 Å². The Kier molecular flexibility index (Phi) is 3.09. The Bertz CT molecular complexity index is 756. The molecule has 0 aromatic carbocycles. The maximum absolute atomic E-state index is 11.7. The van der Waals surface area contributed by atoms with Crippen molar-refractivity contribution in [1.29, 1.82) is 0 Å². The van der Waals surface area contributed by atoms with Crippen LogP contribution in [0, 0.1) is 0 Å². The zero-order valence-corrected chi connectivity index (χ0v) is 12.9. The SMILES string of the molecule is CNc1nc(NC2(C)CCS(=O)(=O)C2)c2ccsc2n1. The first-order valence-electron chi connectivity index (χ1n) is 6.32. The third-order valence-electron chi connectivity index (χ3n) is 3.47. The van der Waals surface area contributed by atoms with Gasteiger partial charge in [0.25, 0.3) is 0 Å². The fourth-order valence-corrected chi connectivity index (χ4v) is 5.31. The van der Waals surface area contributed by atoms with Crippen LogP contribution < -0.4 is 10.6 Å². The van der Waals surface area contributed by atoms with E-state index in [0.717, 1.165) is 10.2 Å². The maximum Gasteiger partial charge on any atom is 0.225 e. The van der Waals surface area contributed by atoms with Gasteiger partial charge in [0.15, 0.2) is 9.84 Å². The van der Waals surface area contributed by atoms with Crippen LogP contribution in [0.5, 0.6) is 0 Å². The highest BCUT2D eigenvalue weighted by molar-refractivity contribution is 7.91. The summed E-state index contributed by atoms with van der Waals surface area (Å²) in [6.45, 7) is 1.93. The second kappa shape index (κ2) is 4.56. The molecule has 108 valence electrons. The zero-order chi connectivity index (χ0) is 14.4. The molecule has 1 unspecified atom stereocenters. The van der Waals surface area contributed by atoms with Crippen LogP contribution in [0.15, 0.2) is 11.4 Å². The van der Waals surface area contributed by atoms with E-state index in [9.17, 15) is 8.42 Å². The van der Waals surface area contributed by atoms with Crippen LogP contribution in [-0.2, 0) is 9.84 Å². The van der Waals surface area contributed by atoms with Gasteiger partial charge in [0.05, 0.1) is 22.4 Å². The maximum atomic E-state index is 11.7. The van der Waals surface area contributed by atoms with Crippen LogP contribution in [0.4, 0.5) is 11.8 Å². The Labute approximate surface area is 121 Å². The van der Waals surface area contributed by atoms with E-state index >= 15 is 0 Å². The van der Waals surface area contributed by atoms with Crippen LogP contribution in [0.3, 0.4) is 0 Å². The van der Waals surface area contributed by atoms with Crippen molar-refractivity contribution in [3.8, 4) is 0 Å². The van der Waals surface area contributed by atoms with Crippen LogP contribution in [0.2, 0.25) is 0 Å². The van der Waals surface area contributed by atoms with Gasteiger partial charge in [0.2, 0.25) is 5.95 Å². The molecule has 0 radical (unpaired) electrons. The first-order chi connectivity index (χ1) is 9.41. The fraction of sp³-hybridized carbons (Fsp3) is 0.500. The van der Waals surface area contributed by atoms with Crippen molar-refractivity contribution < 1.29 is 8.42 Å². The molecule has 3 rings (SSSR count). The first kappa shape index (κ1) is 13.6. The average Bonchev–Trinajstić information content (AvgIpc) is 2.93. The molecule has 0 bridgehead atoms. The van der Waals surface area contributed by atoms with Crippen molar-refractivity contribution in [2.45, 2.75) is 18.9 Å². The second-order valence-corrected chi connectivity index (χ2v) is 8.39. The monoisotopic (exact) mass is 312 g/mol. The summed E-state index contributed by atoms with van der Waals surface area (Å²) in [6, 6.07) is 1.95. The zero-order valence-electron chi connectivity index (χ0n) is 11.3. The molecule has 20 heavy (non-hydrogen) atoms. The number of nitrogens with zero attached hydrogens (tertiary/aromatic N) is 2. The van der Waals surface area contributed by atoms with Gasteiger partial charge < -0.3 is 10.6 Å². The minimum atomic E-state index is -2.95. The molecule has 8 heteroatoms. The van der Waals surface area contributed by atoms with Gasteiger partial charge in [-0.2, -0.15) is 4.98 Å². The van der Waals surface area contributed by atoms with Crippen LogP contribution in [0.25, 0.3) is 10.2 Å². The van der Waals surface area contributed by atoms with E-state index in [-0.39, 0.29) is 11.5 Å². The minimum absolute atomic E-state index is 0.143. The predicted octanol–water partition coefficient (Wildman–Crippen LogP) is 1.72. The number of sulfone groups is 1. The third-order valence-corrected chi connectivity index (χ3v) is 6.18. The summed E-state index contributed by atoms with van der Waals surface area (Å²) in [7, 11) is -1.18. The number of hydrogen-bond acceptors (Lipinski definition) is 7. The molecule has 0 spiro atoms. The lowest BCUT2D eigenvalue weighted by Crippen LogP contribution is -2.36. The van der Waals surface area contributed by atoms with Gasteiger partial charge >= 0.3 is 0 Å². The van der Waals surface area contributed by atoms with Crippen LogP contribution in [-0.4, -0.2) is 42.5 Å². The lowest BCUT2D eigenvalue weighted by Gasteiger charge is -2.25. The molecular weight excluding hydrogens is 296 g/mol. The molecule has 1 aliphatic heterocycles. The highest BCUT2D eigenvalue weighted by Crippen LogP contribution is 2.32. The molecule has 6 nitrogen and oxygen atoms in total. The standard InChI is InChI=1S/C12H16N4O2S2/c1-12(4-6-20(17,18)7-12)16-9-8-3-5-19-10(8)15-11(13-2)14-9/h3,5H,4,6-7H2,1-2H3,(H2,13,14,15,16). The number of nitrogens with one attached hydrogen (secondary N) is 2. The van der Waals surface area contributed by atoms with E-state index in [4.69, 9.17) is 0 Å². The molecule has 1 atom stereocenters. The fourth-order valence-electron chi connectivity index (χ4n) is 2.46. The predicted molar refractivity (Wildman–Crippen MR) is 82.3 cm³/mol. The quantitative estimate of drug-likeness (QED) is 0.898. The highest BCUT2D eigenvalue weighted by atomic mass is 32.2. The number of thiophene rings is 1. The highest BCUT2D eigenvalue weighted by Gasteiger charge is 2.38. The lowest BCUT2D eigenvalue weighted by atomic mass is 10.0. The molecule has 2 aromatic heterocycles. The molecule has 1 aliphatic rings. The molecule has 0 aliphatic carbocycles. The Hall–Kier alpha value is -1.41. The summed E-state index contributed by atoms with van der Waals surface area (Å²) in [5.74, 6) is 1.60. The van der Waals surface area contributed by atoms with E-state index in [0.29, 0.717) is 18.2 Å². The molecular formula is C12H16N4O2S2. The first-order valence-corrected chi connectivity index (χ1v) is 9.03. The van der Waals surface area contributed by atoms with Crippen LogP contribution >= 0.6 is 11.3 Å². The summed E-state index contributed by atoms with van der Waals surface area (Å²) >= 11 is 1.54. The normalized spacial score (nSPS) is 24.9. The third kappa shape index (κ3) is 2.45. The molecule has 1 saturated heterocycles. The van der Waals surface area contributed by atoms with E-state index in [2.05, 4.69) is 20.6 Å². The molecule has 2 aromatic rings. The van der Waals surface area contributed by atoms with Gasteiger partial charge in [-0.05, 0) is 24.8 Å². The van der Waals surface area contributed by atoms with Crippen LogP contribution in [0.1, 0.15) is 13.3 Å².